The van der Waals surface area contributed by atoms with E-state index in [9.17, 15) is 13.2 Å². The molecule has 0 radical (unpaired) electrons. The maximum Gasteiger partial charge on any atom is 0.416 e. The van der Waals surface area contributed by atoms with Crippen LogP contribution in [0.3, 0.4) is 0 Å². The fourth-order valence-corrected chi connectivity index (χ4v) is 2.26. The van der Waals surface area contributed by atoms with Crippen molar-refractivity contribution in [1.29, 1.82) is 0 Å². The number of nitrogens with one attached hydrogen (secondary N) is 1. The van der Waals surface area contributed by atoms with Crippen LogP contribution in [-0.4, -0.2) is 0 Å². The van der Waals surface area contributed by atoms with Gasteiger partial charge in [-0.3, -0.25) is 0 Å². The van der Waals surface area contributed by atoms with E-state index in [0.29, 0.717) is 6.54 Å². The van der Waals surface area contributed by atoms with E-state index >= 15 is 0 Å². The van der Waals surface area contributed by atoms with E-state index in [2.05, 4.69) is 5.32 Å². The lowest BCUT2D eigenvalue weighted by Gasteiger charge is -2.13. The van der Waals surface area contributed by atoms with Crippen molar-refractivity contribution in [3.8, 4) is 0 Å². The third-order valence-corrected chi connectivity index (χ3v) is 3.59. The van der Waals surface area contributed by atoms with E-state index in [1.54, 1.807) is 0 Å². The molecule has 0 fully saturated rings. The predicted octanol–water partition coefficient (Wildman–Crippen LogP) is 5.59. The number of rotatable bonds is 3. The Balaban J connectivity index is 2.19. The van der Waals surface area contributed by atoms with Crippen molar-refractivity contribution in [2.24, 2.45) is 0 Å². The second kappa shape index (κ2) is 5.98. The van der Waals surface area contributed by atoms with Crippen molar-refractivity contribution in [3.05, 3.63) is 63.7 Å². The lowest BCUT2D eigenvalue weighted by atomic mass is 10.1. The Morgan fingerprint density at radius 1 is 1.05 bits per heavy atom. The summed E-state index contributed by atoms with van der Waals surface area (Å²) in [5.74, 6) is 0. The summed E-state index contributed by atoms with van der Waals surface area (Å²) in [5.41, 5.74) is 2.83. The van der Waals surface area contributed by atoms with Gasteiger partial charge in [0.15, 0.2) is 0 Å². The average Bonchev–Trinajstić information content (AvgIpc) is 2.38. The summed E-state index contributed by atoms with van der Waals surface area (Å²) in [5, 5.41) is 3.24. The minimum absolute atomic E-state index is 0.271. The van der Waals surface area contributed by atoms with Gasteiger partial charge in [-0.2, -0.15) is 13.2 Å². The SMILES string of the molecule is Cc1ccc(CNc2cc(C(F)(F)F)ccc2Cl)c(C)c1. The van der Waals surface area contributed by atoms with Crippen LogP contribution < -0.4 is 5.32 Å². The fourth-order valence-electron chi connectivity index (χ4n) is 2.07. The van der Waals surface area contributed by atoms with Gasteiger partial charge in [0.1, 0.15) is 0 Å². The molecule has 2 rings (SSSR count). The number of benzene rings is 2. The van der Waals surface area contributed by atoms with Crippen molar-refractivity contribution >= 4 is 17.3 Å². The number of alkyl halides is 3. The molecule has 0 amide bonds. The van der Waals surface area contributed by atoms with Gasteiger partial charge in [-0.05, 0) is 43.2 Å². The fraction of sp³-hybridized carbons (Fsp3) is 0.250. The summed E-state index contributed by atoms with van der Waals surface area (Å²) in [4.78, 5) is 0. The Labute approximate surface area is 126 Å². The molecule has 21 heavy (non-hydrogen) atoms. The Morgan fingerprint density at radius 3 is 2.38 bits per heavy atom. The molecule has 0 bridgehead atoms. The van der Waals surface area contributed by atoms with E-state index in [-0.39, 0.29) is 10.7 Å². The normalized spacial score (nSPS) is 11.5. The third-order valence-electron chi connectivity index (χ3n) is 3.26. The maximum atomic E-state index is 12.7. The molecule has 0 aromatic heterocycles. The van der Waals surface area contributed by atoms with Crippen LogP contribution in [-0.2, 0) is 12.7 Å². The molecule has 1 N–H and O–H groups in total. The Hall–Kier alpha value is -1.68. The van der Waals surface area contributed by atoms with Crippen LogP contribution in [0, 0.1) is 13.8 Å². The zero-order valence-electron chi connectivity index (χ0n) is 11.7. The lowest BCUT2D eigenvalue weighted by Crippen LogP contribution is -2.07. The smallest absolute Gasteiger partial charge is 0.380 e. The van der Waals surface area contributed by atoms with Crippen molar-refractivity contribution in [3.63, 3.8) is 0 Å². The van der Waals surface area contributed by atoms with Crippen molar-refractivity contribution in [1.82, 2.24) is 0 Å². The first-order chi connectivity index (χ1) is 9.77. The first-order valence-electron chi connectivity index (χ1n) is 6.44. The highest BCUT2D eigenvalue weighted by atomic mass is 35.5. The largest absolute Gasteiger partial charge is 0.416 e. The van der Waals surface area contributed by atoms with Crippen LogP contribution >= 0.6 is 11.6 Å². The third kappa shape index (κ3) is 3.91. The Bertz CT molecular complexity index is 650. The molecule has 112 valence electrons. The van der Waals surface area contributed by atoms with Crippen LogP contribution in [0.15, 0.2) is 36.4 Å². The number of hydrogen-bond acceptors (Lipinski definition) is 1. The van der Waals surface area contributed by atoms with Gasteiger partial charge in [-0.15, -0.1) is 0 Å². The first kappa shape index (κ1) is 15.7. The number of hydrogen-bond donors (Lipinski definition) is 1. The number of halogens is 4. The molecule has 5 heteroatoms. The summed E-state index contributed by atoms with van der Waals surface area (Å²) in [6, 6.07) is 9.23. The van der Waals surface area contributed by atoms with Crippen molar-refractivity contribution < 1.29 is 13.2 Å². The molecular weight excluding hydrogens is 299 g/mol. The predicted molar refractivity (Wildman–Crippen MR) is 79.7 cm³/mol. The highest BCUT2D eigenvalue weighted by Crippen LogP contribution is 2.34. The summed E-state index contributed by atoms with van der Waals surface area (Å²) in [7, 11) is 0. The zero-order valence-corrected chi connectivity index (χ0v) is 12.4. The molecule has 0 aliphatic heterocycles. The van der Waals surface area contributed by atoms with E-state index in [4.69, 9.17) is 11.6 Å². The van der Waals surface area contributed by atoms with Crippen LogP contribution in [0.4, 0.5) is 18.9 Å². The van der Waals surface area contributed by atoms with Crippen LogP contribution in [0.25, 0.3) is 0 Å². The average molecular weight is 314 g/mol. The van der Waals surface area contributed by atoms with Crippen LogP contribution in [0.1, 0.15) is 22.3 Å². The van der Waals surface area contributed by atoms with Gasteiger partial charge in [0, 0.05) is 6.54 Å². The number of anilines is 1. The van der Waals surface area contributed by atoms with Gasteiger partial charge < -0.3 is 5.32 Å². The molecule has 0 spiro atoms. The molecular formula is C16H15ClF3N. The van der Waals surface area contributed by atoms with E-state index in [1.807, 2.05) is 32.0 Å². The van der Waals surface area contributed by atoms with Gasteiger partial charge >= 0.3 is 6.18 Å². The molecule has 0 saturated heterocycles. The Morgan fingerprint density at radius 2 is 1.76 bits per heavy atom. The van der Waals surface area contributed by atoms with Crippen molar-refractivity contribution in [2.75, 3.05) is 5.32 Å². The molecule has 2 aromatic carbocycles. The molecule has 2 aromatic rings. The molecule has 0 unspecified atom stereocenters. The van der Waals surface area contributed by atoms with Gasteiger partial charge in [-0.25, -0.2) is 0 Å². The highest BCUT2D eigenvalue weighted by Gasteiger charge is 2.30. The summed E-state index contributed by atoms with van der Waals surface area (Å²) >= 11 is 5.95. The molecule has 0 aliphatic carbocycles. The highest BCUT2D eigenvalue weighted by molar-refractivity contribution is 6.33. The lowest BCUT2D eigenvalue weighted by molar-refractivity contribution is -0.137. The minimum Gasteiger partial charge on any atom is -0.380 e. The van der Waals surface area contributed by atoms with Gasteiger partial charge in [0.05, 0.1) is 16.3 Å². The molecule has 0 aliphatic rings. The van der Waals surface area contributed by atoms with E-state index < -0.39 is 11.7 Å². The summed E-state index contributed by atoms with van der Waals surface area (Å²) in [6.07, 6.45) is -4.37. The topological polar surface area (TPSA) is 12.0 Å². The first-order valence-corrected chi connectivity index (χ1v) is 6.82. The molecule has 1 nitrogen and oxygen atoms in total. The zero-order chi connectivity index (χ0) is 15.6. The molecule has 0 heterocycles. The summed E-state index contributed by atoms with van der Waals surface area (Å²) in [6.45, 7) is 4.39. The summed E-state index contributed by atoms with van der Waals surface area (Å²) < 4.78 is 38.1. The van der Waals surface area contributed by atoms with Crippen molar-refractivity contribution in [2.45, 2.75) is 26.6 Å². The molecule has 0 saturated carbocycles. The minimum atomic E-state index is -4.37. The van der Waals surface area contributed by atoms with Gasteiger partial charge in [0.2, 0.25) is 0 Å². The van der Waals surface area contributed by atoms with E-state index in [0.717, 1.165) is 28.8 Å². The monoisotopic (exact) mass is 313 g/mol. The van der Waals surface area contributed by atoms with Crippen LogP contribution in [0.5, 0.6) is 0 Å². The Kier molecular flexibility index (Phi) is 4.47. The standard InChI is InChI=1S/C16H15ClF3N/c1-10-3-4-12(11(2)7-10)9-21-15-8-13(16(18,19)20)5-6-14(15)17/h3-8,21H,9H2,1-2H3. The number of aryl methyl sites for hydroxylation is 2. The second-order valence-electron chi connectivity index (χ2n) is 4.98. The second-order valence-corrected chi connectivity index (χ2v) is 5.38. The van der Waals surface area contributed by atoms with E-state index in [1.165, 1.54) is 6.07 Å². The maximum absolute atomic E-state index is 12.7. The van der Waals surface area contributed by atoms with Crippen LogP contribution in [0.2, 0.25) is 5.02 Å². The quantitative estimate of drug-likeness (QED) is 0.779. The molecule has 0 atom stereocenters. The van der Waals surface area contributed by atoms with Gasteiger partial charge in [0.25, 0.3) is 0 Å². The van der Waals surface area contributed by atoms with Gasteiger partial charge in [-0.1, -0.05) is 35.4 Å².